The van der Waals surface area contributed by atoms with Crippen LogP contribution in [0.1, 0.15) is 18.9 Å². The Labute approximate surface area is 140 Å². The highest BCUT2D eigenvalue weighted by atomic mass is 32.2. The van der Waals surface area contributed by atoms with Crippen LogP contribution in [0.25, 0.3) is 0 Å². The normalized spacial score (nSPS) is 13.6. The molecule has 2 aromatic rings. The van der Waals surface area contributed by atoms with E-state index in [1.165, 1.54) is 18.2 Å². The second-order valence-corrected chi connectivity index (χ2v) is 7.23. The van der Waals surface area contributed by atoms with E-state index in [0.29, 0.717) is 17.1 Å². The Bertz CT molecular complexity index is 861. The van der Waals surface area contributed by atoms with E-state index in [9.17, 15) is 13.2 Å². The highest BCUT2D eigenvalue weighted by Gasteiger charge is 2.21. The molecule has 1 heterocycles. The van der Waals surface area contributed by atoms with Crippen LogP contribution in [0, 0.1) is 0 Å². The lowest BCUT2D eigenvalue weighted by molar-refractivity contribution is -0.118. The summed E-state index contributed by atoms with van der Waals surface area (Å²) in [6.07, 6.45) is 1.99. The third-order valence-corrected chi connectivity index (χ3v) is 5.02. The van der Waals surface area contributed by atoms with Crippen molar-refractivity contribution in [1.82, 2.24) is 0 Å². The molecule has 0 saturated carbocycles. The first kappa shape index (κ1) is 16.3. The van der Waals surface area contributed by atoms with Crippen molar-refractivity contribution >= 4 is 27.3 Å². The van der Waals surface area contributed by atoms with Gasteiger partial charge in [-0.3, -0.25) is 9.52 Å². The largest absolute Gasteiger partial charge is 0.482 e. The Morgan fingerprint density at radius 1 is 1.17 bits per heavy atom. The van der Waals surface area contributed by atoms with Gasteiger partial charge in [-0.05, 0) is 42.3 Å². The average molecular weight is 346 g/mol. The van der Waals surface area contributed by atoms with E-state index < -0.39 is 10.0 Å². The van der Waals surface area contributed by atoms with Crippen molar-refractivity contribution in [2.75, 3.05) is 16.6 Å². The first-order chi connectivity index (χ1) is 11.5. The van der Waals surface area contributed by atoms with Gasteiger partial charge in [-0.1, -0.05) is 25.5 Å². The minimum absolute atomic E-state index is 0.0599. The fourth-order valence-corrected chi connectivity index (χ4v) is 3.56. The number of sulfonamides is 1. The molecule has 0 aromatic heterocycles. The van der Waals surface area contributed by atoms with Crippen LogP contribution in [-0.2, 0) is 21.2 Å². The predicted octanol–water partition coefficient (Wildman–Crippen LogP) is 2.77. The quantitative estimate of drug-likeness (QED) is 0.872. The van der Waals surface area contributed by atoms with Crippen LogP contribution in [0.5, 0.6) is 5.75 Å². The first-order valence-corrected chi connectivity index (χ1v) is 9.15. The molecule has 0 fully saturated rings. The van der Waals surface area contributed by atoms with Gasteiger partial charge in [0.05, 0.1) is 10.6 Å². The number of ether oxygens (including phenoxy) is 1. The summed E-state index contributed by atoms with van der Waals surface area (Å²) in [4.78, 5) is 11.4. The van der Waals surface area contributed by atoms with Gasteiger partial charge in [0.25, 0.3) is 15.9 Å². The molecular weight excluding hydrogens is 328 g/mol. The molecule has 0 spiro atoms. The molecule has 24 heavy (non-hydrogen) atoms. The van der Waals surface area contributed by atoms with E-state index in [4.69, 9.17) is 4.74 Å². The van der Waals surface area contributed by atoms with E-state index in [1.54, 1.807) is 12.1 Å². The van der Waals surface area contributed by atoms with Gasteiger partial charge >= 0.3 is 0 Å². The zero-order valence-electron chi connectivity index (χ0n) is 13.2. The number of benzene rings is 2. The number of hydrogen-bond donors (Lipinski definition) is 2. The van der Waals surface area contributed by atoms with Crippen LogP contribution < -0.4 is 14.8 Å². The summed E-state index contributed by atoms with van der Waals surface area (Å²) in [6.45, 7) is 2.02. The summed E-state index contributed by atoms with van der Waals surface area (Å²) in [7, 11) is -3.75. The van der Waals surface area contributed by atoms with Crippen molar-refractivity contribution in [2.24, 2.45) is 0 Å². The van der Waals surface area contributed by atoms with E-state index in [1.807, 2.05) is 12.1 Å². The third kappa shape index (κ3) is 3.51. The average Bonchev–Trinajstić information content (AvgIpc) is 2.56. The second-order valence-electron chi connectivity index (χ2n) is 5.55. The van der Waals surface area contributed by atoms with Crippen LogP contribution >= 0.6 is 0 Å². The van der Waals surface area contributed by atoms with Crippen LogP contribution in [0.2, 0.25) is 0 Å². The number of hydrogen-bond acceptors (Lipinski definition) is 4. The molecule has 6 nitrogen and oxygen atoms in total. The summed E-state index contributed by atoms with van der Waals surface area (Å²) in [5, 5.41) is 2.60. The number of anilines is 2. The van der Waals surface area contributed by atoms with Crippen molar-refractivity contribution in [1.29, 1.82) is 0 Å². The maximum absolute atomic E-state index is 12.5. The molecule has 2 N–H and O–H groups in total. The lowest BCUT2D eigenvalue weighted by atomic mass is 10.1. The number of amides is 1. The standard InChI is InChI=1S/C17H18N2O4S/c1-2-3-12-4-6-13(7-5-12)19-24(21,22)14-8-9-16-15(10-14)18-17(20)11-23-16/h4-10,19H,2-3,11H2,1H3,(H,18,20). The fraction of sp³-hybridized carbons (Fsp3) is 0.235. The SMILES string of the molecule is CCCc1ccc(NS(=O)(=O)c2ccc3c(c2)NC(=O)CO3)cc1. The Morgan fingerprint density at radius 2 is 1.92 bits per heavy atom. The molecule has 7 heteroatoms. The molecule has 0 bridgehead atoms. The third-order valence-electron chi connectivity index (χ3n) is 3.64. The molecule has 0 atom stereocenters. The summed E-state index contributed by atoms with van der Waals surface area (Å²) >= 11 is 0. The summed E-state index contributed by atoms with van der Waals surface area (Å²) in [6, 6.07) is 11.7. The van der Waals surface area contributed by atoms with Gasteiger partial charge in [-0.25, -0.2) is 8.42 Å². The Balaban J connectivity index is 1.82. The highest BCUT2D eigenvalue weighted by Crippen LogP contribution is 2.30. The zero-order chi connectivity index (χ0) is 17.2. The summed E-state index contributed by atoms with van der Waals surface area (Å²) in [5.41, 5.74) is 2.01. The van der Waals surface area contributed by atoms with Crippen LogP contribution in [0.4, 0.5) is 11.4 Å². The van der Waals surface area contributed by atoms with Crippen molar-refractivity contribution in [2.45, 2.75) is 24.7 Å². The van der Waals surface area contributed by atoms with Gasteiger partial charge in [-0.2, -0.15) is 0 Å². The molecule has 1 aliphatic rings. The van der Waals surface area contributed by atoms with Gasteiger partial charge in [0.1, 0.15) is 5.75 Å². The topological polar surface area (TPSA) is 84.5 Å². The number of carbonyl (C=O) groups excluding carboxylic acids is 1. The molecule has 1 aliphatic heterocycles. The lowest BCUT2D eigenvalue weighted by Gasteiger charge is -2.18. The molecule has 2 aromatic carbocycles. The van der Waals surface area contributed by atoms with Gasteiger partial charge in [-0.15, -0.1) is 0 Å². The van der Waals surface area contributed by atoms with E-state index in [0.717, 1.165) is 18.4 Å². The van der Waals surface area contributed by atoms with E-state index >= 15 is 0 Å². The van der Waals surface area contributed by atoms with Crippen molar-refractivity contribution in [3.63, 3.8) is 0 Å². The molecule has 1 amide bonds. The minimum Gasteiger partial charge on any atom is -0.482 e. The number of aryl methyl sites for hydroxylation is 1. The second kappa shape index (κ2) is 6.52. The number of fused-ring (bicyclic) bond motifs is 1. The summed E-state index contributed by atoms with van der Waals surface area (Å²) < 4.78 is 32.8. The van der Waals surface area contributed by atoms with Crippen LogP contribution in [-0.4, -0.2) is 20.9 Å². The number of carbonyl (C=O) groups is 1. The maximum Gasteiger partial charge on any atom is 0.262 e. The minimum atomic E-state index is -3.75. The Morgan fingerprint density at radius 3 is 2.62 bits per heavy atom. The van der Waals surface area contributed by atoms with Gasteiger partial charge in [0, 0.05) is 5.69 Å². The van der Waals surface area contributed by atoms with Crippen LogP contribution in [0.15, 0.2) is 47.4 Å². The van der Waals surface area contributed by atoms with E-state index in [2.05, 4.69) is 17.0 Å². The molecular formula is C17H18N2O4S. The monoisotopic (exact) mass is 346 g/mol. The zero-order valence-corrected chi connectivity index (χ0v) is 14.0. The van der Waals surface area contributed by atoms with Crippen molar-refractivity contribution < 1.29 is 17.9 Å². The highest BCUT2D eigenvalue weighted by molar-refractivity contribution is 7.92. The van der Waals surface area contributed by atoms with Gasteiger partial charge in [0.15, 0.2) is 6.61 Å². The van der Waals surface area contributed by atoms with Crippen molar-refractivity contribution in [3.05, 3.63) is 48.0 Å². The van der Waals surface area contributed by atoms with Crippen molar-refractivity contribution in [3.8, 4) is 5.75 Å². The first-order valence-electron chi connectivity index (χ1n) is 7.66. The molecule has 3 rings (SSSR count). The molecule has 126 valence electrons. The fourth-order valence-electron chi connectivity index (χ4n) is 2.47. The molecule has 0 radical (unpaired) electrons. The summed E-state index contributed by atoms with van der Waals surface area (Å²) in [5.74, 6) is 0.147. The van der Waals surface area contributed by atoms with E-state index in [-0.39, 0.29) is 17.4 Å². The molecule has 0 aliphatic carbocycles. The lowest BCUT2D eigenvalue weighted by Crippen LogP contribution is -2.25. The molecule has 0 unspecified atom stereocenters. The van der Waals surface area contributed by atoms with Gasteiger partial charge in [0.2, 0.25) is 0 Å². The maximum atomic E-state index is 12.5. The molecule has 0 saturated heterocycles. The van der Waals surface area contributed by atoms with Crippen LogP contribution in [0.3, 0.4) is 0 Å². The number of nitrogens with one attached hydrogen (secondary N) is 2. The smallest absolute Gasteiger partial charge is 0.262 e. The predicted molar refractivity (Wildman–Crippen MR) is 91.8 cm³/mol. The Kier molecular flexibility index (Phi) is 4.44. The van der Waals surface area contributed by atoms with Gasteiger partial charge < -0.3 is 10.1 Å². The number of rotatable bonds is 5. The Hall–Kier alpha value is -2.54.